The second-order valence-corrected chi connectivity index (χ2v) is 5.04. The van der Waals surface area contributed by atoms with Crippen molar-refractivity contribution >= 4 is 35.2 Å². The SMILES string of the molecule is Cc1cc(COc2c(Cl)cc(Cl)cc2/C=C/C(=O)O)on1. The van der Waals surface area contributed by atoms with Gasteiger partial charge in [0.2, 0.25) is 0 Å². The minimum atomic E-state index is -1.08. The highest BCUT2D eigenvalue weighted by Gasteiger charge is 2.11. The lowest BCUT2D eigenvalue weighted by molar-refractivity contribution is -0.131. The Bertz CT molecular complexity index is 694. The lowest BCUT2D eigenvalue weighted by Gasteiger charge is -2.10. The molecule has 0 spiro atoms. The molecule has 1 aromatic carbocycles. The highest BCUT2D eigenvalue weighted by atomic mass is 35.5. The summed E-state index contributed by atoms with van der Waals surface area (Å²) in [5.74, 6) is -0.220. The van der Waals surface area contributed by atoms with Crippen molar-refractivity contribution in [1.82, 2.24) is 5.16 Å². The highest BCUT2D eigenvalue weighted by Crippen LogP contribution is 2.34. The number of nitrogens with zero attached hydrogens (tertiary/aromatic N) is 1. The summed E-state index contributed by atoms with van der Waals surface area (Å²) in [6.45, 7) is 1.92. The van der Waals surface area contributed by atoms with Crippen molar-refractivity contribution in [2.45, 2.75) is 13.5 Å². The van der Waals surface area contributed by atoms with Gasteiger partial charge in [-0.25, -0.2) is 4.79 Å². The van der Waals surface area contributed by atoms with Crippen LogP contribution in [-0.4, -0.2) is 16.2 Å². The molecule has 0 saturated heterocycles. The Hall–Kier alpha value is -1.98. The Morgan fingerprint density at radius 2 is 2.19 bits per heavy atom. The first-order valence-electron chi connectivity index (χ1n) is 5.91. The molecule has 0 atom stereocenters. The first-order chi connectivity index (χ1) is 9.95. The van der Waals surface area contributed by atoms with Gasteiger partial charge in [0.1, 0.15) is 12.4 Å². The second-order valence-electron chi connectivity index (χ2n) is 4.20. The van der Waals surface area contributed by atoms with E-state index in [0.29, 0.717) is 22.1 Å². The maximum Gasteiger partial charge on any atom is 0.328 e. The Morgan fingerprint density at radius 3 is 2.81 bits per heavy atom. The number of halogens is 2. The Morgan fingerprint density at radius 1 is 1.43 bits per heavy atom. The molecule has 0 saturated carbocycles. The molecular formula is C14H11Cl2NO4. The van der Waals surface area contributed by atoms with Crippen LogP contribution in [0.15, 0.2) is 28.8 Å². The fourth-order valence-corrected chi connectivity index (χ4v) is 2.21. The molecule has 0 radical (unpaired) electrons. The average molecular weight is 328 g/mol. The maximum atomic E-state index is 10.6. The lowest BCUT2D eigenvalue weighted by Crippen LogP contribution is -1.97. The van der Waals surface area contributed by atoms with Crippen molar-refractivity contribution in [3.05, 3.63) is 51.3 Å². The van der Waals surface area contributed by atoms with Gasteiger partial charge in [-0.3, -0.25) is 0 Å². The molecular weight excluding hydrogens is 317 g/mol. The number of rotatable bonds is 5. The monoisotopic (exact) mass is 327 g/mol. The summed E-state index contributed by atoms with van der Waals surface area (Å²) in [5.41, 5.74) is 1.20. The predicted molar refractivity (Wildman–Crippen MR) is 78.7 cm³/mol. The Kier molecular flexibility index (Phi) is 4.88. The number of aromatic nitrogens is 1. The van der Waals surface area contributed by atoms with Gasteiger partial charge in [-0.2, -0.15) is 0 Å². The van der Waals surface area contributed by atoms with Crippen LogP contribution in [-0.2, 0) is 11.4 Å². The van der Waals surface area contributed by atoms with Gasteiger partial charge in [-0.1, -0.05) is 28.4 Å². The van der Waals surface area contributed by atoms with E-state index in [1.165, 1.54) is 12.1 Å². The van der Waals surface area contributed by atoms with E-state index >= 15 is 0 Å². The van der Waals surface area contributed by atoms with Crippen LogP contribution in [0.2, 0.25) is 10.0 Å². The molecule has 0 aliphatic carbocycles. The first kappa shape index (κ1) is 15.4. The summed E-state index contributed by atoms with van der Waals surface area (Å²) in [4.78, 5) is 10.6. The fraction of sp³-hybridized carbons (Fsp3) is 0.143. The zero-order valence-corrected chi connectivity index (χ0v) is 12.5. The third kappa shape index (κ3) is 4.24. The van der Waals surface area contributed by atoms with Gasteiger partial charge >= 0.3 is 5.97 Å². The van der Waals surface area contributed by atoms with Crippen LogP contribution in [0.1, 0.15) is 17.0 Å². The summed E-state index contributed by atoms with van der Waals surface area (Å²) in [5, 5.41) is 13.1. The van der Waals surface area contributed by atoms with Crippen LogP contribution in [0.3, 0.4) is 0 Å². The molecule has 21 heavy (non-hydrogen) atoms. The molecule has 2 aromatic rings. The molecule has 0 aliphatic heterocycles. The molecule has 110 valence electrons. The number of carboxylic acid groups (broad SMARTS) is 1. The third-order valence-electron chi connectivity index (χ3n) is 2.48. The van der Waals surface area contributed by atoms with Crippen molar-refractivity contribution in [3.63, 3.8) is 0 Å². The molecule has 1 aromatic heterocycles. The van der Waals surface area contributed by atoms with Crippen LogP contribution in [0.5, 0.6) is 5.75 Å². The molecule has 2 rings (SSSR count). The number of aryl methyl sites for hydroxylation is 1. The second kappa shape index (κ2) is 6.65. The smallest absolute Gasteiger partial charge is 0.328 e. The normalized spacial score (nSPS) is 11.0. The number of hydrogen-bond donors (Lipinski definition) is 1. The lowest BCUT2D eigenvalue weighted by atomic mass is 10.2. The molecule has 0 bridgehead atoms. The summed E-state index contributed by atoms with van der Waals surface area (Å²) in [6.07, 6.45) is 2.34. The van der Waals surface area contributed by atoms with E-state index in [-0.39, 0.29) is 11.6 Å². The number of benzene rings is 1. The minimum absolute atomic E-state index is 0.121. The van der Waals surface area contributed by atoms with E-state index in [1.54, 1.807) is 19.1 Å². The quantitative estimate of drug-likeness (QED) is 0.841. The fourth-order valence-electron chi connectivity index (χ4n) is 1.65. The van der Waals surface area contributed by atoms with E-state index in [1.807, 2.05) is 0 Å². The average Bonchev–Trinajstić information content (AvgIpc) is 2.80. The zero-order chi connectivity index (χ0) is 15.4. The van der Waals surface area contributed by atoms with E-state index in [4.69, 9.17) is 37.6 Å². The summed E-state index contributed by atoms with van der Waals surface area (Å²) < 4.78 is 10.6. The van der Waals surface area contributed by atoms with E-state index < -0.39 is 5.97 Å². The van der Waals surface area contributed by atoms with Crippen molar-refractivity contribution in [1.29, 1.82) is 0 Å². The van der Waals surface area contributed by atoms with Crippen molar-refractivity contribution in [3.8, 4) is 5.75 Å². The predicted octanol–water partition coefficient (Wildman–Crippen LogP) is 3.97. The minimum Gasteiger partial charge on any atom is -0.483 e. The van der Waals surface area contributed by atoms with Gasteiger partial charge in [0.15, 0.2) is 5.76 Å². The van der Waals surface area contributed by atoms with Crippen molar-refractivity contribution in [2.24, 2.45) is 0 Å². The Balaban J connectivity index is 2.26. The van der Waals surface area contributed by atoms with E-state index in [2.05, 4.69) is 5.16 Å². The molecule has 1 heterocycles. The van der Waals surface area contributed by atoms with Crippen LogP contribution in [0.4, 0.5) is 0 Å². The number of carbonyl (C=O) groups is 1. The van der Waals surface area contributed by atoms with Crippen LogP contribution < -0.4 is 4.74 Å². The maximum absolute atomic E-state index is 10.6. The molecule has 7 heteroatoms. The van der Waals surface area contributed by atoms with Gasteiger partial charge < -0.3 is 14.4 Å². The van der Waals surface area contributed by atoms with Gasteiger partial charge in [-0.15, -0.1) is 0 Å². The number of ether oxygens (including phenoxy) is 1. The van der Waals surface area contributed by atoms with E-state index in [0.717, 1.165) is 11.8 Å². The van der Waals surface area contributed by atoms with Crippen molar-refractivity contribution < 1.29 is 19.2 Å². The summed E-state index contributed by atoms with van der Waals surface area (Å²) in [7, 11) is 0. The van der Waals surface area contributed by atoms with Crippen LogP contribution in [0.25, 0.3) is 6.08 Å². The van der Waals surface area contributed by atoms with Crippen LogP contribution in [0, 0.1) is 6.92 Å². The molecule has 0 unspecified atom stereocenters. The van der Waals surface area contributed by atoms with Gasteiger partial charge in [0.25, 0.3) is 0 Å². The number of carboxylic acids is 1. The van der Waals surface area contributed by atoms with E-state index in [9.17, 15) is 4.79 Å². The molecule has 5 nitrogen and oxygen atoms in total. The van der Waals surface area contributed by atoms with Gasteiger partial charge in [0, 0.05) is 22.7 Å². The molecule has 0 fully saturated rings. The summed E-state index contributed by atoms with van der Waals surface area (Å²) in [6, 6.07) is 4.81. The zero-order valence-electron chi connectivity index (χ0n) is 11.0. The van der Waals surface area contributed by atoms with Gasteiger partial charge in [-0.05, 0) is 25.1 Å². The highest BCUT2D eigenvalue weighted by molar-refractivity contribution is 6.35. The Labute approximate surface area is 130 Å². The molecule has 1 N–H and O–H groups in total. The van der Waals surface area contributed by atoms with Crippen molar-refractivity contribution in [2.75, 3.05) is 0 Å². The first-order valence-corrected chi connectivity index (χ1v) is 6.66. The third-order valence-corrected chi connectivity index (χ3v) is 2.98. The largest absolute Gasteiger partial charge is 0.483 e. The number of aliphatic carboxylic acids is 1. The molecule has 0 aliphatic rings. The topological polar surface area (TPSA) is 72.6 Å². The molecule has 0 amide bonds. The van der Waals surface area contributed by atoms with Crippen LogP contribution >= 0.6 is 23.2 Å². The van der Waals surface area contributed by atoms with Gasteiger partial charge in [0.05, 0.1) is 10.7 Å². The number of hydrogen-bond acceptors (Lipinski definition) is 4. The standard InChI is InChI=1S/C14H11Cl2NO4/c1-8-4-11(21-17-8)7-20-14-9(2-3-13(18)19)5-10(15)6-12(14)16/h2-6H,7H2,1H3,(H,18,19)/b3-2+. The summed E-state index contributed by atoms with van der Waals surface area (Å²) >= 11 is 12.0.